The van der Waals surface area contributed by atoms with Crippen LogP contribution in [0.4, 0.5) is 0 Å². The van der Waals surface area contributed by atoms with Crippen molar-refractivity contribution in [3.8, 4) is 11.5 Å². The van der Waals surface area contributed by atoms with E-state index in [1.807, 2.05) is 12.1 Å². The smallest absolute Gasteiger partial charge is 0.231 e. The van der Waals surface area contributed by atoms with Gasteiger partial charge in [0.05, 0.1) is 6.10 Å². The van der Waals surface area contributed by atoms with Crippen molar-refractivity contribution in [2.75, 3.05) is 42.9 Å². The van der Waals surface area contributed by atoms with Gasteiger partial charge in [-0.05, 0) is 30.7 Å². The Hall–Kier alpha value is -0.560. The van der Waals surface area contributed by atoms with Crippen molar-refractivity contribution in [3.05, 3.63) is 23.8 Å². The summed E-state index contributed by atoms with van der Waals surface area (Å²) in [6.07, 6.45) is 0.703. The molecule has 1 aromatic rings. The van der Waals surface area contributed by atoms with Crippen molar-refractivity contribution in [3.63, 3.8) is 0 Å². The van der Waals surface area contributed by atoms with Gasteiger partial charge in [-0.25, -0.2) is 0 Å². The summed E-state index contributed by atoms with van der Waals surface area (Å²) in [7, 11) is 0. The average Bonchev–Trinajstić information content (AvgIpc) is 2.86. The summed E-state index contributed by atoms with van der Waals surface area (Å²) in [5.74, 6) is 6.76. The van der Waals surface area contributed by atoms with Crippen LogP contribution in [0, 0.1) is 0 Å². The number of aliphatic hydroxyl groups is 1. The lowest BCUT2D eigenvalue weighted by Crippen LogP contribution is -2.49. The van der Waals surface area contributed by atoms with Crippen LogP contribution in [0.3, 0.4) is 0 Å². The molecule has 0 radical (unpaired) electrons. The molecule has 0 spiro atoms. The number of piperidine rings is 1. The molecule has 23 heavy (non-hydrogen) atoms. The topological polar surface area (TPSA) is 41.9 Å². The minimum atomic E-state index is -0.303. The number of rotatable bonds is 2. The lowest BCUT2D eigenvalue weighted by Gasteiger charge is -2.40. The highest BCUT2D eigenvalue weighted by Gasteiger charge is 2.33. The molecular formula is C17H23NO3S2. The Morgan fingerprint density at radius 1 is 1.09 bits per heavy atom. The second-order valence-corrected chi connectivity index (χ2v) is 8.67. The fourth-order valence-corrected chi connectivity index (χ4v) is 6.26. The third kappa shape index (κ3) is 3.45. The van der Waals surface area contributed by atoms with Crippen LogP contribution in [0.1, 0.15) is 17.9 Å². The van der Waals surface area contributed by atoms with Gasteiger partial charge >= 0.3 is 0 Å². The van der Waals surface area contributed by atoms with Crippen molar-refractivity contribution < 1.29 is 14.6 Å². The zero-order chi connectivity index (χ0) is 15.6. The van der Waals surface area contributed by atoms with Crippen LogP contribution >= 0.6 is 23.5 Å². The van der Waals surface area contributed by atoms with Crippen molar-refractivity contribution in [2.24, 2.45) is 0 Å². The van der Waals surface area contributed by atoms with E-state index in [0.29, 0.717) is 12.8 Å². The number of likely N-dealkylation sites (tertiary alicyclic amines) is 1. The second-order valence-electron chi connectivity index (χ2n) is 6.37. The van der Waals surface area contributed by atoms with Gasteiger partial charge in [0.1, 0.15) is 0 Å². The Labute approximate surface area is 145 Å². The molecule has 0 bridgehead atoms. The van der Waals surface area contributed by atoms with Crippen LogP contribution in [0.5, 0.6) is 11.5 Å². The minimum Gasteiger partial charge on any atom is -0.454 e. The maximum Gasteiger partial charge on any atom is 0.231 e. The lowest BCUT2D eigenvalue weighted by molar-refractivity contribution is 0.0387. The van der Waals surface area contributed by atoms with E-state index < -0.39 is 0 Å². The first-order chi connectivity index (χ1) is 11.3. The maximum absolute atomic E-state index is 10.7. The van der Waals surface area contributed by atoms with E-state index in [1.54, 1.807) is 0 Å². The monoisotopic (exact) mass is 353 g/mol. The zero-order valence-electron chi connectivity index (χ0n) is 13.1. The number of β-amino-alcohol motifs (C(OH)–C–C–N with tert-alkyl or cyclic N) is 1. The van der Waals surface area contributed by atoms with Crippen molar-refractivity contribution >= 4 is 23.5 Å². The number of thioether (sulfide) groups is 2. The third-order valence-electron chi connectivity index (χ3n) is 4.95. The van der Waals surface area contributed by atoms with Gasteiger partial charge in [0.25, 0.3) is 0 Å². The van der Waals surface area contributed by atoms with Crippen molar-refractivity contribution in [1.82, 2.24) is 4.90 Å². The average molecular weight is 354 g/mol. The summed E-state index contributed by atoms with van der Waals surface area (Å²) in [5.41, 5.74) is 1.17. The number of hydrogen-bond acceptors (Lipinski definition) is 6. The van der Waals surface area contributed by atoms with Crippen LogP contribution in [0.15, 0.2) is 18.2 Å². The fourth-order valence-electron chi connectivity index (χ4n) is 3.64. The van der Waals surface area contributed by atoms with Crippen LogP contribution in [-0.2, 0) is 0 Å². The molecule has 2 fully saturated rings. The van der Waals surface area contributed by atoms with E-state index in [1.165, 1.54) is 28.6 Å². The molecule has 0 unspecified atom stereocenters. The fraction of sp³-hybridized carbons (Fsp3) is 0.647. The summed E-state index contributed by atoms with van der Waals surface area (Å²) >= 11 is 4.11. The third-order valence-corrected chi connectivity index (χ3v) is 7.43. The highest BCUT2D eigenvalue weighted by molar-refractivity contribution is 8.03. The molecule has 1 aromatic carbocycles. The molecule has 1 N–H and O–H groups in total. The molecule has 0 saturated carbocycles. The van der Waals surface area contributed by atoms with E-state index in [4.69, 9.17) is 9.47 Å². The zero-order valence-corrected chi connectivity index (χ0v) is 14.8. The normalized spacial score (nSPS) is 29.4. The van der Waals surface area contributed by atoms with Crippen LogP contribution in [-0.4, -0.2) is 65.0 Å². The molecular weight excluding hydrogens is 330 g/mol. The summed E-state index contributed by atoms with van der Waals surface area (Å²) in [6, 6.07) is 6.70. The number of hydrogen-bond donors (Lipinski definition) is 1. The summed E-state index contributed by atoms with van der Waals surface area (Å²) in [5, 5.41) is 10.7. The molecule has 3 heterocycles. The largest absolute Gasteiger partial charge is 0.454 e. The van der Waals surface area contributed by atoms with E-state index in [0.717, 1.165) is 31.0 Å². The van der Waals surface area contributed by atoms with E-state index in [9.17, 15) is 5.11 Å². The molecule has 4 nitrogen and oxygen atoms in total. The highest BCUT2D eigenvalue weighted by Crippen LogP contribution is 2.38. The lowest BCUT2D eigenvalue weighted by atomic mass is 9.86. The van der Waals surface area contributed by atoms with Gasteiger partial charge in [-0.15, -0.1) is 0 Å². The molecule has 3 aliphatic rings. The van der Waals surface area contributed by atoms with E-state index >= 15 is 0 Å². The van der Waals surface area contributed by atoms with E-state index in [2.05, 4.69) is 34.5 Å². The van der Waals surface area contributed by atoms with Gasteiger partial charge in [-0.1, -0.05) is 6.07 Å². The van der Waals surface area contributed by atoms with E-state index in [-0.39, 0.29) is 12.0 Å². The summed E-state index contributed by atoms with van der Waals surface area (Å²) < 4.78 is 10.9. The molecule has 3 aliphatic heterocycles. The molecule has 0 aromatic heterocycles. The first-order valence-electron chi connectivity index (χ1n) is 8.28. The summed E-state index contributed by atoms with van der Waals surface area (Å²) in [6.45, 7) is 2.16. The Morgan fingerprint density at radius 2 is 1.87 bits per heavy atom. The first-order valence-corrected chi connectivity index (χ1v) is 10.6. The van der Waals surface area contributed by atoms with Gasteiger partial charge in [0, 0.05) is 41.5 Å². The number of nitrogens with zero attached hydrogens (tertiary/aromatic N) is 1. The van der Waals surface area contributed by atoms with Gasteiger partial charge in [0.2, 0.25) is 6.79 Å². The van der Waals surface area contributed by atoms with Gasteiger partial charge in [-0.3, -0.25) is 4.90 Å². The SMILES string of the molecule is O[C@@H]1CN(C2CSCCSC2)CC[C@H]1c1ccc2c(c1)OCO2. The predicted molar refractivity (Wildman–Crippen MR) is 95.9 cm³/mol. The van der Waals surface area contributed by atoms with Gasteiger partial charge < -0.3 is 14.6 Å². The van der Waals surface area contributed by atoms with Crippen LogP contribution in [0.25, 0.3) is 0 Å². The highest BCUT2D eigenvalue weighted by atomic mass is 32.2. The van der Waals surface area contributed by atoms with Gasteiger partial charge in [0.15, 0.2) is 11.5 Å². The minimum absolute atomic E-state index is 0.201. The maximum atomic E-state index is 10.7. The molecule has 0 amide bonds. The second kappa shape index (κ2) is 7.13. The van der Waals surface area contributed by atoms with Gasteiger partial charge in [-0.2, -0.15) is 23.5 Å². The Bertz CT molecular complexity index is 549. The molecule has 2 saturated heterocycles. The summed E-state index contributed by atoms with van der Waals surface area (Å²) in [4.78, 5) is 2.50. The predicted octanol–water partition coefficient (Wildman–Crippen LogP) is 2.41. The molecule has 4 rings (SSSR count). The number of aliphatic hydroxyl groups excluding tert-OH is 1. The quantitative estimate of drug-likeness (QED) is 0.881. The van der Waals surface area contributed by atoms with Crippen molar-refractivity contribution in [1.29, 1.82) is 0 Å². The standard InChI is InChI=1S/C17H23NO3S2/c19-15-8-18(13-9-22-5-6-23-10-13)4-3-14(15)12-1-2-16-17(7-12)21-11-20-16/h1-2,7,13-15,19H,3-6,8-11H2/t14-,15+/m0/s1. The molecule has 0 aliphatic carbocycles. The Morgan fingerprint density at radius 3 is 2.65 bits per heavy atom. The van der Waals surface area contributed by atoms with Crippen molar-refractivity contribution in [2.45, 2.75) is 24.5 Å². The molecule has 6 heteroatoms. The number of ether oxygens (including phenoxy) is 2. The first kappa shape index (κ1) is 15.9. The molecule has 2 atom stereocenters. The van der Waals surface area contributed by atoms with Crippen LogP contribution < -0.4 is 9.47 Å². The number of fused-ring (bicyclic) bond motifs is 1. The van der Waals surface area contributed by atoms with Crippen LogP contribution in [0.2, 0.25) is 0 Å². The Kier molecular flexibility index (Phi) is 4.94. The molecule has 126 valence electrons. The Balaban J connectivity index is 1.43. The number of benzene rings is 1.